The molecule has 0 spiro atoms. The molecule has 6 nitrogen and oxygen atoms in total. The van der Waals surface area contributed by atoms with Gasteiger partial charge in [0, 0.05) is 50.0 Å². The van der Waals surface area contributed by atoms with Crippen molar-refractivity contribution in [3.05, 3.63) is 48.0 Å². The van der Waals surface area contributed by atoms with Crippen LogP contribution in [0.2, 0.25) is 0 Å². The summed E-state index contributed by atoms with van der Waals surface area (Å²) in [7, 11) is 3.52. The summed E-state index contributed by atoms with van der Waals surface area (Å²) in [5.74, 6) is 0.834. The Bertz CT molecular complexity index is 878. The fourth-order valence-corrected chi connectivity index (χ4v) is 2.66. The van der Waals surface area contributed by atoms with Crippen molar-refractivity contribution in [1.29, 1.82) is 0 Å². The van der Waals surface area contributed by atoms with Gasteiger partial charge in [-0.2, -0.15) is 0 Å². The van der Waals surface area contributed by atoms with Crippen molar-refractivity contribution in [2.45, 2.75) is 34.2 Å². The van der Waals surface area contributed by atoms with E-state index < -0.39 is 0 Å². The van der Waals surface area contributed by atoms with E-state index in [1.165, 1.54) is 0 Å². The third-order valence-corrected chi connectivity index (χ3v) is 4.07. The van der Waals surface area contributed by atoms with E-state index >= 15 is 0 Å². The van der Waals surface area contributed by atoms with E-state index in [0.29, 0.717) is 6.54 Å². The normalized spacial score (nSPS) is 10.2. The first-order chi connectivity index (χ1) is 12.5. The van der Waals surface area contributed by atoms with Gasteiger partial charge in [-0.25, -0.2) is 4.98 Å². The molecule has 0 aliphatic carbocycles. The lowest BCUT2D eigenvalue weighted by molar-refractivity contribution is -0.129. The van der Waals surface area contributed by atoms with Gasteiger partial charge in [-0.05, 0) is 37.1 Å². The first-order valence-electron chi connectivity index (χ1n) is 8.79. The number of rotatable bonds is 4. The van der Waals surface area contributed by atoms with Crippen molar-refractivity contribution < 1.29 is 4.79 Å². The number of carbonyl (C=O) groups excluding carboxylic acids is 1. The number of hydrogen-bond acceptors (Lipinski definition) is 4. The lowest BCUT2D eigenvalue weighted by Gasteiger charge is -2.13. The summed E-state index contributed by atoms with van der Waals surface area (Å²) >= 11 is 0. The van der Waals surface area contributed by atoms with Gasteiger partial charge in [-0.15, -0.1) is 0 Å². The largest absolute Gasteiger partial charge is 0.347 e. The number of carbonyl (C=O) groups is 1. The van der Waals surface area contributed by atoms with Gasteiger partial charge in [0.15, 0.2) is 0 Å². The Morgan fingerprint density at radius 3 is 2.42 bits per heavy atom. The molecule has 0 radical (unpaired) electrons. The SMILES string of the molecule is CC.Cc1cncc(C)c1Nc1nccc2c1ccn2CC(=O)N(C)C. The highest BCUT2D eigenvalue weighted by molar-refractivity contribution is 5.93. The average Bonchev–Trinajstić information content (AvgIpc) is 3.04. The van der Waals surface area contributed by atoms with E-state index in [1.54, 1.807) is 25.2 Å². The van der Waals surface area contributed by atoms with E-state index in [-0.39, 0.29) is 5.91 Å². The Morgan fingerprint density at radius 2 is 1.81 bits per heavy atom. The third-order valence-electron chi connectivity index (χ3n) is 4.07. The minimum absolute atomic E-state index is 0.0552. The average molecular weight is 353 g/mol. The molecule has 0 atom stereocenters. The molecule has 6 heteroatoms. The maximum Gasteiger partial charge on any atom is 0.241 e. The van der Waals surface area contributed by atoms with Crippen molar-refractivity contribution >= 4 is 28.3 Å². The lowest BCUT2D eigenvalue weighted by atomic mass is 10.1. The van der Waals surface area contributed by atoms with Crippen LogP contribution in [0.4, 0.5) is 11.5 Å². The predicted molar refractivity (Wildman–Crippen MR) is 107 cm³/mol. The maximum absolute atomic E-state index is 12.0. The highest BCUT2D eigenvalue weighted by atomic mass is 16.2. The molecule has 0 aliphatic rings. The number of fused-ring (bicyclic) bond motifs is 1. The van der Waals surface area contributed by atoms with Crippen LogP contribution in [0.25, 0.3) is 10.9 Å². The van der Waals surface area contributed by atoms with Crippen LogP contribution in [0.15, 0.2) is 36.9 Å². The molecule has 3 rings (SSSR count). The van der Waals surface area contributed by atoms with E-state index in [0.717, 1.165) is 33.5 Å². The number of nitrogens with one attached hydrogen (secondary N) is 1. The van der Waals surface area contributed by atoms with Crippen molar-refractivity contribution in [1.82, 2.24) is 19.4 Å². The molecule has 0 aliphatic heterocycles. The number of amides is 1. The topological polar surface area (TPSA) is 63.1 Å². The van der Waals surface area contributed by atoms with Gasteiger partial charge in [0.2, 0.25) is 5.91 Å². The predicted octanol–water partition coefficient (Wildman–Crippen LogP) is 3.91. The molecule has 1 N–H and O–H groups in total. The summed E-state index contributed by atoms with van der Waals surface area (Å²) in [6.07, 6.45) is 7.34. The van der Waals surface area contributed by atoms with Crippen molar-refractivity contribution in [3.63, 3.8) is 0 Å². The molecule has 138 valence electrons. The second-order valence-corrected chi connectivity index (χ2v) is 6.10. The Labute approximate surface area is 154 Å². The number of likely N-dealkylation sites (N-methyl/N-ethyl adjacent to an activating group) is 1. The number of anilines is 2. The smallest absolute Gasteiger partial charge is 0.241 e. The molecule has 0 bridgehead atoms. The standard InChI is InChI=1S/C18H21N5O.C2H6/c1-12-9-19-10-13(2)17(12)21-18-14-6-8-23(11-16(24)22(3)4)15(14)5-7-20-18;1-2/h5-10H,11H2,1-4H3,(H,19,20,21);1-2H3. The number of hydrogen-bond donors (Lipinski definition) is 1. The molecular formula is C20H27N5O. The zero-order chi connectivity index (χ0) is 19.3. The summed E-state index contributed by atoms with van der Waals surface area (Å²) < 4.78 is 1.94. The number of aryl methyl sites for hydroxylation is 2. The Balaban J connectivity index is 0.00000117. The van der Waals surface area contributed by atoms with E-state index in [2.05, 4.69) is 15.3 Å². The van der Waals surface area contributed by atoms with Crippen molar-refractivity contribution in [2.75, 3.05) is 19.4 Å². The number of aromatic nitrogens is 3. The quantitative estimate of drug-likeness (QED) is 0.772. The highest BCUT2D eigenvalue weighted by Crippen LogP contribution is 2.28. The van der Waals surface area contributed by atoms with Crippen LogP contribution >= 0.6 is 0 Å². The fraction of sp³-hybridized carbons (Fsp3) is 0.350. The van der Waals surface area contributed by atoms with E-state index in [4.69, 9.17) is 0 Å². The molecule has 26 heavy (non-hydrogen) atoms. The van der Waals surface area contributed by atoms with Gasteiger partial charge >= 0.3 is 0 Å². The van der Waals surface area contributed by atoms with Crippen molar-refractivity contribution in [3.8, 4) is 0 Å². The number of nitrogens with zero attached hydrogens (tertiary/aromatic N) is 4. The van der Waals surface area contributed by atoms with Crippen LogP contribution < -0.4 is 5.32 Å². The second-order valence-electron chi connectivity index (χ2n) is 6.10. The van der Waals surface area contributed by atoms with Gasteiger partial charge in [-0.1, -0.05) is 13.8 Å². The molecule has 0 unspecified atom stereocenters. The van der Waals surface area contributed by atoms with Crippen LogP contribution in [0, 0.1) is 13.8 Å². The van der Waals surface area contributed by atoms with Crippen LogP contribution in [0.3, 0.4) is 0 Å². The summed E-state index contributed by atoms with van der Waals surface area (Å²) in [6.45, 7) is 8.35. The first kappa shape index (κ1) is 19.4. The van der Waals surface area contributed by atoms with Gasteiger partial charge in [0.1, 0.15) is 12.4 Å². The molecule has 3 heterocycles. The summed E-state index contributed by atoms with van der Waals surface area (Å²) in [6, 6.07) is 3.91. The molecule has 0 saturated heterocycles. The minimum atomic E-state index is 0.0552. The van der Waals surface area contributed by atoms with E-state index in [9.17, 15) is 4.79 Å². The zero-order valence-corrected chi connectivity index (χ0v) is 16.4. The van der Waals surface area contributed by atoms with Gasteiger partial charge in [0.05, 0.1) is 5.52 Å². The van der Waals surface area contributed by atoms with Gasteiger partial charge in [-0.3, -0.25) is 9.78 Å². The van der Waals surface area contributed by atoms with Crippen molar-refractivity contribution in [2.24, 2.45) is 0 Å². The zero-order valence-electron chi connectivity index (χ0n) is 16.4. The van der Waals surface area contributed by atoms with E-state index in [1.807, 2.05) is 63.0 Å². The molecular weight excluding hydrogens is 326 g/mol. The monoisotopic (exact) mass is 353 g/mol. The third kappa shape index (κ3) is 4.02. The molecule has 3 aromatic rings. The van der Waals surface area contributed by atoms with Crippen LogP contribution in [-0.4, -0.2) is 39.4 Å². The molecule has 0 saturated carbocycles. The summed E-state index contributed by atoms with van der Waals surface area (Å²) in [4.78, 5) is 22.2. The Hall–Kier alpha value is -2.89. The Morgan fingerprint density at radius 1 is 1.15 bits per heavy atom. The second kappa shape index (κ2) is 8.47. The molecule has 0 fully saturated rings. The highest BCUT2D eigenvalue weighted by Gasteiger charge is 2.12. The number of pyridine rings is 2. The van der Waals surface area contributed by atoms with Crippen LogP contribution in [0.1, 0.15) is 25.0 Å². The molecule has 1 amide bonds. The molecule has 0 aromatic carbocycles. The molecule has 3 aromatic heterocycles. The minimum Gasteiger partial charge on any atom is -0.347 e. The van der Waals surface area contributed by atoms with Crippen LogP contribution in [-0.2, 0) is 11.3 Å². The fourth-order valence-electron chi connectivity index (χ4n) is 2.66. The maximum atomic E-state index is 12.0. The lowest BCUT2D eigenvalue weighted by Crippen LogP contribution is -2.25. The summed E-state index contributed by atoms with van der Waals surface area (Å²) in [5, 5.41) is 4.40. The van der Waals surface area contributed by atoms with Crippen LogP contribution in [0.5, 0.6) is 0 Å². The Kier molecular flexibility index (Phi) is 6.33. The van der Waals surface area contributed by atoms with Gasteiger partial charge in [0.25, 0.3) is 0 Å². The van der Waals surface area contributed by atoms with Gasteiger partial charge < -0.3 is 14.8 Å². The first-order valence-corrected chi connectivity index (χ1v) is 8.79. The summed E-state index contributed by atoms with van der Waals surface area (Å²) in [5.41, 5.74) is 4.13.